The second-order valence-corrected chi connectivity index (χ2v) is 4.28. The van der Waals surface area contributed by atoms with Crippen LogP contribution in [0.3, 0.4) is 0 Å². The number of aryl methyl sites for hydroxylation is 2. The van der Waals surface area contributed by atoms with Crippen LogP contribution < -0.4 is 5.73 Å². The van der Waals surface area contributed by atoms with Gasteiger partial charge in [0.2, 0.25) is 0 Å². The summed E-state index contributed by atoms with van der Waals surface area (Å²) in [4.78, 5) is 8.56. The van der Waals surface area contributed by atoms with Crippen molar-refractivity contribution < 1.29 is 0 Å². The molecule has 5 nitrogen and oxygen atoms in total. The van der Waals surface area contributed by atoms with Crippen LogP contribution in [-0.4, -0.2) is 19.6 Å². The van der Waals surface area contributed by atoms with Gasteiger partial charge >= 0.3 is 0 Å². The molecule has 18 heavy (non-hydrogen) atoms. The molecular weight excluding hydrogens is 226 g/mol. The van der Waals surface area contributed by atoms with Crippen LogP contribution in [0, 0.1) is 13.8 Å². The number of nitrogens with zero attached hydrogens (tertiary/aromatic N) is 4. The Hall–Kier alpha value is -2.43. The number of anilines is 1. The lowest BCUT2D eigenvalue weighted by molar-refractivity contribution is 0.855. The fraction of sp³-hybridized carbons (Fsp3) is 0.154. The molecule has 0 bridgehead atoms. The summed E-state index contributed by atoms with van der Waals surface area (Å²) in [5.41, 5.74) is 9.75. The quantitative estimate of drug-likeness (QED) is 0.705. The van der Waals surface area contributed by atoms with Crippen LogP contribution in [0.5, 0.6) is 0 Å². The van der Waals surface area contributed by atoms with E-state index in [1.54, 1.807) is 4.52 Å². The summed E-state index contributed by atoms with van der Waals surface area (Å²) in [5, 5.41) is 4.17. The van der Waals surface area contributed by atoms with Crippen LogP contribution in [0.1, 0.15) is 11.4 Å². The highest BCUT2D eigenvalue weighted by Crippen LogP contribution is 2.26. The molecule has 90 valence electrons. The van der Waals surface area contributed by atoms with Gasteiger partial charge in [0, 0.05) is 5.56 Å². The number of nitrogen functional groups attached to an aromatic ring is 1. The van der Waals surface area contributed by atoms with Crippen LogP contribution in [0.4, 0.5) is 5.82 Å². The topological polar surface area (TPSA) is 69.1 Å². The summed E-state index contributed by atoms with van der Waals surface area (Å²) in [6.45, 7) is 3.95. The fourth-order valence-corrected chi connectivity index (χ4v) is 2.01. The highest BCUT2D eigenvalue weighted by molar-refractivity contribution is 5.84. The highest BCUT2D eigenvalue weighted by atomic mass is 15.3. The Morgan fingerprint density at radius 1 is 1.11 bits per heavy atom. The Morgan fingerprint density at radius 3 is 2.56 bits per heavy atom. The van der Waals surface area contributed by atoms with Gasteiger partial charge in [-0.15, -0.1) is 0 Å². The van der Waals surface area contributed by atoms with Crippen LogP contribution in [-0.2, 0) is 0 Å². The molecule has 0 atom stereocenters. The van der Waals surface area contributed by atoms with Crippen molar-refractivity contribution in [1.29, 1.82) is 0 Å². The molecule has 5 heteroatoms. The molecule has 0 spiro atoms. The third kappa shape index (κ3) is 1.52. The number of benzene rings is 1. The molecule has 0 saturated carbocycles. The number of fused-ring (bicyclic) bond motifs is 1. The van der Waals surface area contributed by atoms with E-state index < -0.39 is 0 Å². The highest BCUT2D eigenvalue weighted by Gasteiger charge is 2.14. The van der Waals surface area contributed by atoms with Crippen molar-refractivity contribution >= 4 is 11.3 Å². The molecule has 0 saturated heterocycles. The molecule has 0 radical (unpaired) electrons. The number of imidazole rings is 1. The van der Waals surface area contributed by atoms with Crippen molar-refractivity contribution in [2.45, 2.75) is 13.8 Å². The SMILES string of the molecule is Cc1ccc(-c2nc(C)n3ncnc(N)c23)cc1. The summed E-state index contributed by atoms with van der Waals surface area (Å²) in [6, 6.07) is 8.17. The molecule has 2 heterocycles. The third-order valence-electron chi connectivity index (χ3n) is 2.95. The van der Waals surface area contributed by atoms with E-state index in [0.29, 0.717) is 5.82 Å². The summed E-state index contributed by atoms with van der Waals surface area (Å²) in [5.74, 6) is 1.25. The number of hydrogen-bond acceptors (Lipinski definition) is 4. The van der Waals surface area contributed by atoms with E-state index in [1.165, 1.54) is 11.9 Å². The van der Waals surface area contributed by atoms with Crippen molar-refractivity contribution in [3.63, 3.8) is 0 Å². The maximum absolute atomic E-state index is 5.93. The molecular formula is C13H13N5. The van der Waals surface area contributed by atoms with Gasteiger partial charge < -0.3 is 5.73 Å². The second kappa shape index (κ2) is 3.80. The van der Waals surface area contributed by atoms with E-state index in [2.05, 4.69) is 34.1 Å². The summed E-state index contributed by atoms with van der Waals surface area (Å²) >= 11 is 0. The van der Waals surface area contributed by atoms with E-state index >= 15 is 0 Å². The summed E-state index contributed by atoms with van der Waals surface area (Å²) in [6.07, 6.45) is 1.44. The van der Waals surface area contributed by atoms with Crippen molar-refractivity contribution in [2.75, 3.05) is 5.73 Å². The first kappa shape index (κ1) is 10.7. The predicted molar refractivity (Wildman–Crippen MR) is 70.1 cm³/mol. The third-order valence-corrected chi connectivity index (χ3v) is 2.95. The van der Waals surface area contributed by atoms with Gasteiger partial charge in [-0.05, 0) is 13.8 Å². The lowest BCUT2D eigenvalue weighted by Gasteiger charge is -2.01. The van der Waals surface area contributed by atoms with Gasteiger partial charge in [0.25, 0.3) is 0 Å². The number of nitrogens with two attached hydrogens (primary N) is 1. The zero-order valence-electron chi connectivity index (χ0n) is 10.3. The predicted octanol–water partition coefficient (Wildman–Crippen LogP) is 1.99. The molecule has 0 fully saturated rings. The molecule has 3 rings (SSSR count). The molecule has 1 aromatic carbocycles. The minimum Gasteiger partial charge on any atom is -0.382 e. The Labute approximate surface area is 104 Å². The standard InChI is InChI=1S/C13H13N5/c1-8-3-5-10(6-4-8)11-12-13(14)15-7-16-18(12)9(2)17-11/h3-7H,1-2H3,(H2,14,15,16). The lowest BCUT2D eigenvalue weighted by Crippen LogP contribution is -2.00. The minimum atomic E-state index is 0.446. The van der Waals surface area contributed by atoms with Gasteiger partial charge in [0.1, 0.15) is 23.4 Å². The van der Waals surface area contributed by atoms with Gasteiger partial charge in [0.05, 0.1) is 0 Å². The van der Waals surface area contributed by atoms with Gasteiger partial charge in [-0.1, -0.05) is 29.8 Å². The average molecular weight is 239 g/mol. The molecule has 2 aromatic heterocycles. The van der Waals surface area contributed by atoms with Crippen LogP contribution >= 0.6 is 0 Å². The molecule has 0 aliphatic rings. The van der Waals surface area contributed by atoms with Crippen molar-refractivity contribution in [2.24, 2.45) is 0 Å². The largest absolute Gasteiger partial charge is 0.382 e. The average Bonchev–Trinajstić information content (AvgIpc) is 2.70. The molecule has 3 aromatic rings. The Kier molecular flexibility index (Phi) is 2.26. The monoisotopic (exact) mass is 239 g/mol. The van der Waals surface area contributed by atoms with Gasteiger partial charge in [-0.2, -0.15) is 5.10 Å². The maximum atomic E-state index is 5.93. The minimum absolute atomic E-state index is 0.446. The molecule has 0 amide bonds. The maximum Gasteiger partial charge on any atom is 0.153 e. The van der Waals surface area contributed by atoms with E-state index in [4.69, 9.17) is 5.73 Å². The first-order chi connectivity index (χ1) is 8.66. The molecule has 0 aliphatic heterocycles. The van der Waals surface area contributed by atoms with Crippen LogP contribution in [0.15, 0.2) is 30.6 Å². The van der Waals surface area contributed by atoms with E-state index in [1.807, 2.05) is 19.1 Å². The Balaban J connectivity index is 2.32. The smallest absolute Gasteiger partial charge is 0.153 e. The summed E-state index contributed by atoms with van der Waals surface area (Å²) in [7, 11) is 0. The normalized spacial score (nSPS) is 11.0. The van der Waals surface area contributed by atoms with Crippen molar-refractivity contribution in [3.8, 4) is 11.3 Å². The second-order valence-electron chi connectivity index (χ2n) is 4.28. The van der Waals surface area contributed by atoms with Crippen molar-refractivity contribution in [1.82, 2.24) is 19.6 Å². The lowest BCUT2D eigenvalue weighted by atomic mass is 10.1. The Bertz CT molecular complexity index is 712. The number of aromatic nitrogens is 4. The zero-order chi connectivity index (χ0) is 12.7. The fourth-order valence-electron chi connectivity index (χ4n) is 2.01. The van der Waals surface area contributed by atoms with Gasteiger partial charge in [0.15, 0.2) is 5.82 Å². The first-order valence-corrected chi connectivity index (χ1v) is 5.69. The first-order valence-electron chi connectivity index (χ1n) is 5.69. The number of rotatable bonds is 1. The van der Waals surface area contributed by atoms with Crippen LogP contribution in [0.25, 0.3) is 16.8 Å². The zero-order valence-corrected chi connectivity index (χ0v) is 10.3. The molecule has 0 aliphatic carbocycles. The molecule has 2 N–H and O–H groups in total. The van der Waals surface area contributed by atoms with Gasteiger partial charge in [-0.25, -0.2) is 14.5 Å². The van der Waals surface area contributed by atoms with Gasteiger partial charge in [-0.3, -0.25) is 0 Å². The Morgan fingerprint density at radius 2 is 1.83 bits per heavy atom. The summed E-state index contributed by atoms with van der Waals surface area (Å²) < 4.78 is 1.72. The number of hydrogen-bond donors (Lipinski definition) is 1. The van der Waals surface area contributed by atoms with E-state index in [-0.39, 0.29) is 0 Å². The van der Waals surface area contributed by atoms with E-state index in [9.17, 15) is 0 Å². The van der Waals surface area contributed by atoms with E-state index in [0.717, 1.165) is 22.6 Å². The molecule has 0 unspecified atom stereocenters. The van der Waals surface area contributed by atoms with Crippen LogP contribution in [0.2, 0.25) is 0 Å². The van der Waals surface area contributed by atoms with Crippen molar-refractivity contribution in [3.05, 3.63) is 42.0 Å².